The van der Waals surface area contributed by atoms with Crippen LogP contribution < -0.4 is 20.4 Å². The normalized spacial score (nSPS) is 16.6. The Kier molecular flexibility index (Phi) is 13.6. The molecule has 0 saturated heterocycles. The fourth-order valence-corrected chi connectivity index (χ4v) is 7.66. The zero-order chi connectivity index (χ0) is 36.4. The van der Waals surface area contributed by atoms with Crippen LogP contribution >= 0.6 is 11.3 Å². The highest BCUT2D eigenvalue weighted by Crippen LogP contribution is 2.49. The number of aliphatic carboxylic acids is 1. The molecule has 1 aromatic carbocycles. The van der Waals surface area contributed by atoms with Crippen molar-refractivity contribution in [3.63, 3.8) is 0 Å². The molecule has 5 rings (SSSR count). The van der Waals surface area contributed by atoms with E-state index in [4.69, 9.17) is 29.5 Å². The Bertz CT molecular complexity index is 1540. The summed E-state index contributed by atoms with van der Waals surface area (Å²) in [5, 5.41) is 13.3. The Balaban J connectivity index is 0.000000727. The summed E-state index contributed by atoms with van der Waals surface area (Å²) in [6.45, 7) is 3.85. The lowest BCUT2D eigenvalue weighted by molar-refractivity contribution is -0.223. The van der Waals surface area contributed by atoms with Crippen LogP contribution in [0.15, 0.2) is 12.1 Å². The maximum atomic E-state index is 14.3. The highest BCUT2D eigenvalue weighted by Gasteiger charge is 2.38. The van der Waals surface area contributed by atoms with Crippen molar-refractivity contribution in [3.05, 3.63) is 44.1 Å². The Morgan fingerprint density at radius 3 is 2.04 bits per heavy atom. The number of thiophene rings is 1. The number of Topliss-reactive ketones (excluding diaryl/α,β-unsaturated/α-hetero) is 1. The second kappa shape index (κ2) is 17.7. The SMILES string of the molecule is CC(=O)OOc1cc(C2CCCCC2)c(C(=O)CNC(=O)c2cc3c(s2)CCNC3)c(C2CCCCC2)c1OOC(C)=O.O=C(O)C(F)(F)F. The van der Waals surface area contributed by atoms with Crippen LogP contribution in [0.1, 0.15) is 131 Å². The summed E-state index contributed by atoms with van der Waals surface area (Å²) in [6.07, 6.45) is 5.37. The Hall–Kier alpha value is -4.18. The molecule has 2 saturated carbocycles. The number of benzene rings is 1. The molecule has 0 atom stereocenters. The van der Waals surface area contributed by atoms with E-state index in [1.54, 1.807) is 6.07 Å². The molecule has 274 valence electrons. The maximum Gasteiger partial charge on any atom is 0.490 e. The van der Waals surface area contributed by atoms with Gasteiger partial charge >= 0.3 is 24.1 Å². The number of nitrogens with one attached hydrogen (secondary N) is 2. The van der Waals surface area contributed by atoms with E-state index in [0.29, 0.717) is 16.0 Å². The van der Waals surface area contributed by atoms with Crippen molar-refractivity contribution in [2.45, 2.75) is 109 Å². The van der Waals surface area contributed by atoms with E-state index in [1.165, 1.54) is 30.1 Å². The van der Waals surface area contributed by atoms with Gasteiger partial charge in [-0.15, -0.1) is 11.3 Å². The van der Waals surface area contributed by atoms with Crippen LogP contribution in [0.25, 0.3) is 0 Å². The van der Waals surface area contributed by atoms with E-state index in [-0.39, 0.29) is 41.6 Å². The van der Waals surface area contributed by atoms with Gasteiger partial charge in [0.2, 0.25) is 11.5 Å². The zero-order valence-electron chi connectivity index (χ0n) is 27.9. The zero-order valence-corrected chi connectivity index (χ0v) is 28.7. The number of carboxylic acids is 1. The van der Waals surface area contributed by atoms with Gasteiger partial charge in [-0.25, -0.2) is 14.4 Å². The minimum absolute atomic E-state index is 0.0519. The molecule has 3 N–H and O–H groups in total. The van der Waals surface area contributed by atoms with E-state index in [9.17, 15) is 32.3 Å². The molecular formula is C34H41F3N2O10S. The molecule has 1 aromatic heterocycles. The molecule has 2 fully saturated rings. The summed E-state index contributed by atoms with van der Waals surface area (Å²) in [4.78, 5) is 82.6. The molecule has 50 heavy (non-hydrogen) atoms. The quantitative estimate of drug-likeness (QED) is 0.140. The third-order valence-electron chi connectivity index (χ3n) is 8.76. The van der Waals surface area contributed by atoms with Gasteiger partial charge in [0.15, 0.2) is 5.78 Å². The lowest BCUT2D eigenvalue weighted by atomic mass is 9.75. The first kappa shape index (κ1) is 38.6. The van der Waals surface area contributed by atoms with Crippen LogP contribution in [0.3, 0.4) is 0 Å². The lowest BCUT2D eigenvalue weighted by Crippen LogP contribution is -2.31. The lowest BCUT2D eigenvalue weighted by Gasteiger charge is -2.31. The summed E-state index contributed by atoms with van der Waals surface area (Å²) in [7, 11) is 0. The first-order chi connectivity index (χ1) is 23.8. The van der Waals surface area contributed by atoms with Crippen LogP contribution in [0, 0.1) is 0 Å². The van der Waals surface area contributed by atoms with Gasteiger partial charge in [-0.2, -0.15) is 13.2 Å². The van der Waals surface area contributed by atoms with Gasteiger partial charge in [-0.3, -0.25) is 29.1 Å². The maximum absolute atomic E-state index is 14.3. The standard InChI is InChI=1S/C32H40N2O8S.C2HF3O2/c1-19(35)39-41-26-16-24(21-9-5-3-6-10-21)30(29(22-11-7-4-8-12-22)31(26)42-40-20(2)36)25(37)18-34-32(38)28-15-23-17-33-14-13-27(23)43-28;3-2(4,5)1(6)7/h15-16,21-22,33H,3-14,17-18H2,1-2H3,(H,34,38);(H,6,7). The van der Waals surface area contributed by atoms with Crippen LogP contribution in [-0.2, 0) is 37.1 Å². The number of amides is 1. The molecule has 0 bridgehead atoms. The largest absolute Gasteiger partial charge is 0.490 e. The number of alkyl halides is 3. The predicted octanol–water partition coefficient (Wildman–Crippen LogP) is 6.45. The average molecular weight is 727 g/mol. The predicted molar refractivity (Wildman–Crippen MR) is 173 cm³/mol. The fourth-order valence-electron chi connectivity index (χ4n) is 6.56. The van der Waals surface area contributed by atoms with Crippen molar-refractivity contribution in [1.29, 1.82) is 0 Å². The molecule has 2 heterocycles. The molecule has 0 spiro atoms. The number of hydrogen-bond donors (Lipinski definition) is 3. The topological polar surface area (TPSA) is 167 Å². The Morgan fingerprint density at radius 2 is 1.48 bits per heavy atom. The number of carbonyl (C=O) groups excluding carboxylic acids is 4. The minimum atomic E-state index is -5.08. The molecule has 2 aliphatic carbocycles. The van der Waals surface area contributed by atoms with E-state index >= 15 is 0 Å². The molecule has 0 unspecified atom stereocenters. The highest BCUT2D eigenvalue weighted by molar-refractivity contribution is 7.14. The molecular weight excluding hydrogens is 685 g/mol. The Labute approximate surface area is 290 Å². The van der Waals surface area contributed by atoms with Crippen LogP contribution in [0.4, 0.5) is 13.2 Å². The van der Waals surface area contributed by atoms with E-state index in [1.807, 2.05) is 6.07 Å². The number of carboxylic acid groups (broad SMARTS) is 1. The number of rotatable bonds is 10. The summed E-state index contributed by atoms with van der Waals surface area (Å²) >= 11 is 1.47. The summed E-state index contributed by atoms with van der Waals surface area (Å²) in [5.41, 5.74) is 2.98. The summed E-state index contributed by atoms with van der Waals surface area (Å²) in [5.74, 6) is -4.50. The monoisotopic (exact) mass is 726 g/mol. The first-order valence-corrected chi connectivity index (χ1v) is 17.4. The summed E-state index contributed by atoms with van der Waals surface area (Å²) < 4.78 is 31.7. The smallest absolute Gasteiger partial charge is 0.475 e. The van der Waals surface area contributed by atoms with Gasteiger partial charge in [-0.05, 0) is 67.2 Å². The van der Waals surface area contributed by atoms with Crippen LogP contribution in [0.5, 0.6) is 11.5 Å². The molecule has 2 aromatic rings. The second-order valence-electron chi connectivity index (χ2n) is 12.5. The van der Waals surface area contributed by atoms with E-state index in [2.05, 4.69) is 10.6 Å². The number of fused-ring (bicyclic) bond motifs is 1. The number of halogens is 3. The van der Waals surface area contributed by atoms with Crippen molar-refractivity contribution >= 4 is 40.9 Å². The third kappa shape index (κ3) is 10.4. The van der Waals surface area contributed by atoms with Crippen molar-refractivity contribution in [2.24, 2.45) is 0 Å². The molecule has 16 heteroatoms. The summed E-state index contributed by atoms with van der Waals surface area (Å²) in [6, 6.07) is 3.58. The van der Waals surface area contributed by atoms with E-state index in [0.717, 1.165) is 94.8 Å². The molecule has 3 aliphatic rings. The van der Waals surface area contributed by atoms with Gasteiger partial charge in [0.25, 0.3) is 5.91 Å². The van der Waals surface area contributed by atoms with Crippen molar-refractivity contribution < 1.29 is 61.8 Å². The molecule has 12 nitrogen and oxygen atoms in total. The third-order valence-corrected chi connectivity index (χ3v) is 9.99. The van der Waals surface area contributed by atoms with Gasteiger partial charge < -0.3 is 15.7 Å². The number of carbonyl (C=O) groups is 5. The van der Waals surface area contributed by atoms with Gasteiger partial charge in [0.1, 0.15) is 0 Å². The second-order valence-corrected chi connectivity index (χ2v) is 13.6. The van der Waals surface area contributed by atoms with Crippen molar-refractivity contribution in [1.82, 2.24) is 10.6 Å². The first-order valence-electron chi connectivity index (χ1n) is 16.6. The fraction of sp³-hybridized carbons (Fsp3) is 0.559. The van der Waals surface area contributed by atoms with Crippen LogP contribution in [0.2, 0.25) is 0 Å². The molecule has 1 aliphatic heterocycles. The van der Waals surface area contributed by atoms with Gasteiger partial charge in [0.05, 0.1) is 11.4 Å². The average Bonchev–Trinajstić information content (AvgIpc) is 3.53. The number of ketones is 1. The molecule has 0 radical (unpaired) electrons. The van der Waals surface area contributed by atoms with Gasteiger partial charge in [0, 0.05) is 42.9 Å². The van der Waals surface area contributed by atoms with Crippen molar-refractivity contribution in [3.8, 4) is 11.5 Å². The highest BCUT2D eigenvalue weighted by atomic mass is 32.1. The van der Waals surface area contributed by atoms with Crippen molar-refractivity contribution in [2.75, 3.05) is 13.1 Å². The van der Waals surface area contributed by atoms with Gasteiger partial charge in [-0.1, -0.05) is 38.5 Å². The Morgan fingerprint density at radius 1 is 0.900 bits per heavy atom. The van der Waals surface area contributed by atoms with Crippen LogP contribution in [-0.4, -0.2) is 54.0 Å². The minimum Gasteiger partial charge on any atom is -0.475 e. The number of hydrogen-bond acceptors (Lipinski definition) is 11. The molecule has 1 amide bonds. The van der Waals surface area contributed by atoms with E-state index < -0.39 is 24.1 Å².